The lowest BCUT2D eigenvalue weighted by molar-refractivity contribution is 0.0744. The summed E-state index contributed by atoms with van der Waals surface area (Å²) in [6.45, 7) is 4.46. The van der Waals surface area contributed by atoms with E-state index in [9.17, 15) is 4.79 Å². The Hall–Kier alpha value is -1.26. The van der Waals surface area contributed by atoms with Crippen LogP contribution in [0.2, 0.25) is 0 Å². The molecule has 0 aromatic heterocycles. The summed E-state index contributed by atoms with van der Waals surface area (Å²) in [5.41, 5.74) is 0.716. The molecule has 0 aliphatic carbocycles. The third-order valence-electron chi connectivity index (χ3n) is 3.31. The SMILES string of the molecule is CCOc1ccc(C(=O)N(C)C2CCNC2)cc1.Cl. The molecule has 0 saturated carbocycles. The first-order valence-electron chi connectivity index (χ1n) is 6.43. The molecule has 5 heteroatoms. The second kappa shape index (κ2) is 7.36. The molecule has 106 valence electrons. The topological polar surface area (TPSA) is 41.6 Å². The number of likely N-dealkylation sites (N-methyl/N-ethyl adjacent to an activating group) is 1. The van der Waals surface area contributed by atoms with Gasteiger partial charge < -0.3 is 15.0 Å². The minimum absolute atomic E-state index is 0. The Kier molecular flexibility index (Phi) is 6.12. The molecule has 1 saturated heterocycles. The van der Waals surface area contributed by atoms with Crippen molar-refractivity contribution in [2.75, 3.05) is 26.7 Å². The lowest BCUT2D eigenvalue weighted by atomic mass is 10.1. The Balaban J connectivity index is 0.00000180. The number of hydrogen-bond acceptors (Lipinski definition) is 3. The van der Waals surface area contributed by atoms with Crippen LogP contribution in [0, 0.1) is 0 Å². The number of nitrogens with zero attached hydrogens (tertiary/aromatic N) is 1. The minimum atomic E-state index is 0. The van der Waals surface area contributed by atoms with E-state index in [4.69, 9.17) is 4.74 Å². The van der Waals surface area contributed by atoms with Gasteiger partial charge >= 0.3 is 0 Å². The maximum atomic E-state index is 12.3. The molecular formula is C14H21ClN2O2. The number of halogens is 1. The second-order valence-electron chi connectivity index (χ2n) is 4.52. The van der Waals surface area contributed by atoms with Gasteiger partial charge in [0.25, 0.3) is 5.91 Å². The number of hydrogen-bond donors (Lipinski definition) is 1. The molecule has 0 spiro atoms. The van der Waals surface area contributed by atoms with Gasteiger partial charge in [-0.1, -0.05) is 0 Å². The Morgan fingerprint density at radius 2 is 2.11 bits per heavy atom. The summed E-state index contributed by atoms with van der Waals surface area (Å²) in [4.78, 5) is 14.1. The molecule has 4 nitrogen and oxygen atoms in total. The van der Waals surface area contributed by atoms with Crippen LogP contribution in [0.5, 0.6) is 5.75 Å². The van der Waals surface area contributed by atoms with Crippen molar-refractivity contribution in [3.05, 3.63) is 29.8 Å². The molecule has 0 radical (unpaired) electrons. The van der Waals surface area contributed by atoms with Gasteiger partial charge in [0.2, 0.25) is 0 Å². The van der Waals surface area contributed by atoms with Gasteiger partial charge in [0, 0.05) is 25.2 Å². The van der Waals surface area contributed by atoms with E-state index in [1.165, 1.54) is 0 Å². The third kappa shape index (κ3) is 3.85. The summed E-state index contributed by atoms with van der Waals surface area (Å²) < 4.78 is 5.37. The molecule has 1 aliphatic heterocycles. The summed E-state index contributed by atoms with van der Waals surface area (Å²) in [5, 5.41) is 3.27. The van der Waals surface area contributed by atoms with Crippen LogP contribution >= 0.6 is 12.4 Å². The van der Waals surface area contributed by atoms with E-state index in [0.29, 0.717) is 18.2 Å². The van der Waals surface area contributed by atoms with Crippen LogP contribution in [0.4, 0.5) is 0 Å². The van der Waals surface area contributed by atoms with Crippen LogP contribution in [0.1, 0.15) is 23.7 Å². The van der Waals surface area contributed by atoms with Crippen LogP contribution in [0.25, 0.3) is 0 Å². The lowest BCUT2D eigenvalue weighted by Gasteiger charge is -2.23. The molecule has 1 amide bonds. The largest absolute Gasteiger partial charge is 0.494 e. The first kappa shape index (κ1) is 15.8. The summed E-state index contributed by atoms with van der Waals surface area (Å²) >= 11 is 0. The number of ether oxygens (including phenoxy) is 1. The average Bonchev–Trinajstić information content (AvgIpc) is 2.92. The summed E-state index contributed by atoms with van der Waals surface area (Å²) in [6.07, 6.45) is 1.03. The first-order chi connectivity index (χ1) is 8.72. The van der Waals surface area contributed by atoms with Crippen molar-refractivity contribution in [1.82, 2.24) is 10.2 Å². The van der Waals surface area contributed by atoms with Gasteiger partial charge in [-0.05, 0) is 44.2 Å². The van der Waals surface area contributed by atoms with Gasteiger partial charge in [-0.15, -0.1) is 12.4 Å². The third-order valence-corrected chi connectivity index (χ3v) is 3.31. The molecule has 1 aromatic rings. The fourth-order valence-electron chi connectivity index (χ4n) is 2.20. The van der Waals surface area contributed by atoms with Crippen molar-refractivity contribution in [2.24, 2.45) is 0 Å². The van der Waals surface area contributed by atoms with E-state index >= 15 is 0 Å². The summed E-state index contributed by atoms with van der Waals surface area (Å²) in [5.74, 6) is 0.881. The van der Waals surface area contributed by atoms with Gasteiger partial charge in [-0.25, -0.2) is 0 Å². The van der Waals surface area contributed by atoms with Gasteiger partial charge in [0.1, 0.15) is 5.75 Å². The monoisotopic (exact) mass is 284 g/mol. The zero-order valence-electron chi connectivity index (χ0n) is 11.4. The number of rotatable bonds is 4. The molecular weight excluding hydrogens is 264 g/mol. The quantitative estimate of drug-likeness (QED) is 0.919. The van der Waals surface area contributed by atoms with E-state index in [1.54, 1.807) is 0 Å². The highest BCUT2D eigenvalue weighted by atomic mass is 35.5. The van der Waals surface area contributed by atoms with Gasteiger partial charge in [0.05, 0.1) is 6.61 Å². The van der Waals surface area contributed by atoms with E-state index < -0.39 is 0 Å². The van der Waals surface area contributed by atoms with Gasteiger partial charge in [0.15, 0.2) is 0 Å². The number of amides is 1. The van der Waals surface area contributed by atoms with Crippen LogP contribution in [0.15, 0.2) is 24.3 Å². The van der Waals surface area contributed by atoms with E-state index in [-0.39, 0.29) is 18.3 Å². The first-order valence-corrected chi connectivity index (χ1v) is 6.43. The Labute approximate surface area is 120 Å². The molecule has 2 rings (SSSR count). The zero-order chi connectivity index (χ0) is 13.0. The highest BCUT2D eigenvalue weighted by molar-refractivity contribution is 5.94. The highest BCUT2D eigenvalue weighted by Crippen LogP contribution is 2.15. The summed E-state index contributed by atoms with van der Waals surface area (Å²) in [6, 6.07) is 7.65. The summed E-state index contributed by atoms with van der Waals surface area (Å²) in [7, 11) is 1.87. The van der Waals surface area contributed by atoms with Crippen molar-refractivity contribution < 1.29 is 9.53 Å². The van der Waals surface area contributed by atoms with E-state index in [1.807, 2.05) is 43.1 Å². The lowest BCUT2D eigenvalue weighted by Crippen LogP contribution is -2.38. The standard InChI is InChI=1S/C14H20N2O2.ClH/c1-3-18-13-6-4-11(5-7-13)14(17)16(2)12-8-9-15-10-12;/h4-7,12,15H,3,8-10H2,1-2H3;1H. The number of carbonyl (C=O) groups excluding carboxylic acids is 1. The Morgan fingerprint density at radius 3 is 2.63 bits per heavy atom. The minimum Gasteiger partial charge on any atom is -0.494 e. The van der Waals surface area contributed by atoms with Crippen molar-refractivity contribution in [1.29, 1.82) is 0 Å². The van der Waals surface area contributed by atoms with E-state index in [2.05, 4.69) is 5.32 Å². The van der Waals surface area contributed by atoms with Crippen molar-refractivity contribution in [2.45, 2.75) is 19.4 Å². The van der Waals surface area contributed by atoms with Gasteiger partial charge in [-0.3, -0.25) is 4.79 Å². The molecule has 0 bridgehead atoms. The fourth-order valence-corrected chi connectivity index (χ4v) is 2.20. The van der Waals surface area contributed by atoms with Crippen LogP contribution < -0.4 is 10.1 Å². The zero-order valence-corrected chi connectivity index (χ0v) is 12.2. The predicted molar refractivity (Wildman–Crippen MR) is 78.2 cm³/mol. The van der Waals surface area contributed by atoms with Crippen molar-refractivity contribution in [3.63, 3.8) is 0 Å². The molecule has 1 aliphatic rings. The van der Waals surface area contributed by atoms with Crippen LogP contribution in [-0.4, -0.2) is 43.6 Å². The molecule has 1 heterocycles. The molecule has 1 atom stereocenters. The van der Waals surface area contributed by atoms with Crippen LogP contribution in [0.3, 0.4) is 0 Å². The number of nitrogens with one attached hydrogen (secondary N) is 1. The molecule has 1 fully saturated rings. The van der Waals surface area contributed by atoms with Crippen LogP contribution in [-0.2, 0) is 0 Å². The highest BCUT2D eigenvalue weighted by Gasteiger charge is 2.23. The number of carbonyl (C=O) groups is 1. The maximum Gasteiger partial charge on any atom is 0.253 e. The Bertz CT molecular complexity index is 402. The maximum absolute atomic E-state index is 12.3. The second-order valence-corrected chi connectivity index (χ2v) is 4.52. The number of benzene rings is 1. The molecule has 1 aromatic carbocycles. The molecule has 1 N–H and O–H groups in total. The normalized spacial score (nSPS) is 17.7. The van der Waals surface area contributed by atoms with E-state index in [0.717, 1.165) is 25.3 Å². The molecule has 19 heavy (non-hydrogen) atoms. The smallest absolute Gasteiger partial charge is 0.253 e. The Morgan fingerprint density at radius 1 is 1.42 bits per heavy atom. The van der Waals surface area contributed by atoms with Crippen molar-refractivity contribution >= 4 is 18.3 Å². The average molecular weight is 285 g/mol. The predicted octanol–water partition coefficient (Wildman–Crippen LogP) is 1.94. The molecule has 1 unspecified atom stereocenters. The fraction of sp³-hybridized carbons (Fsp3) is 0.500. The van der Waals surface area contributed by atoms with Gasteiger partial charge in [-0.2, -0.15) is 0 Å². The van der Waals surface area contributed by atoms with Crippen molar-refractivity contribution in [3.8, 4) is 5.75 Å².